The lowest BCUT2D eigenvalue weighted by Crippen LogP contribution is -2.31. The van der Waals surface area contributed by atoms with Crippen molar-refractivity contribution in [3.63, 3.8) is 0 Å². The van der Waals surface area contributed by atoms with Gasteiger partial charge in [-0.25, -0.2) is 4.39 Å². The highest BCUT2D eigenvalue weighted by Crippen LogP contribution is 2.43. The number of alkyl halides is 3. The number of aliphatic hydroxyl groups is 1. The Morgan fingerprint density at radius 1 is 1.21 bits per heavy atom. The van der Waals surface area contributed by atoms with Crippen molar-refractivity contribution in [1.82, 2.24) is 0 Å². The molecule has 3 atom stereocenters. The van der Waals surface area contributed by atoms with E-state index in [-0.39, 0.29) is 12.8 Å². The third-order valence-electron chi connectivity index (χ3n) is 3.81. The Labute approximate surface area is 109 Å². The van der Waals surface area contributed by atoms with Gasteiger partial charge in [0.05, 0.1) is 12.0 Å². The molecule has 1 fully saturated rings. The van der Waals surface area contributed by atoms with Crippen LogP contribution in [0.3, 0.4) is 0 Å². The minimum absolute atomic E-state index is 0.0822. The molecule has 1 N–H and O–H groups in total. The normalized spacial score (nSPS) is 26.2. The molecule has 106 valence electrons. The van der Waals surface area contributed by atoms with Crippen molar-refractivity contribution in [3.05, 3.63) is 35.6 Å². The van der Waals surface area contributed by atoms with Crippen molar-refractivity contribution in [3.8, 4) is 0 Å². The quantitative estimate of drug-likeness (QED) is 0.801. The topological polar surface area (TPSA) is 20.2 Å². The Bertz CT molecular complexity index is 430. The van der Waals surface area contributed by atoms with Gasteiger partial charge in [0.2, 0.25) is 0 Å². The van der Waals surface area contributed by atoms with Gasteiger partial charge >= 0.3 is 6.18 Å². The molecule has 0 saturated heterocycles. The molecular weight excluding hydrogens is 260 g/mol. The van der Waals surface area contributed by atoms with Crippen molar-refractivity contribution < 1.29 is 22.7 Å². The lowest BCUT2D eigenvalue weighted by atomic mass is 9.77. The molecule has 1 aliphatic rings. The first-order valence-corrected chi connectivity index (χ1v) is 6.38. The number of hydrogen-bond acceptors (Lipinski definition) is 1. The zero-order valence-electron chi connectivity index (χ0n) is 10.3. The van der Waals surface area contributed by atoms with Gasteiger partial charge in [-0.15, -0.1) is 0 Å². The molecular formula is C14H16F4O. The highest BCUT2D eigenvalue weighted by atomic mass is 19.4. The molecule has 1 nitrogen and oxygen atoms in total. The minimum Gasteiger partial charge on any atom is -0.388 e. The monoisotopic (exact) mass is 276 g/mol. The molecule has 0 aliphatic heterocycles. The predicted octanol–water partition coefficient (Wildman–Crippen LogP) is 4.23. The van der Waals surface area contributed by atoms with E-state index in [2.05, 4.69) is 0 Å². The average Bonchev–Trinajstić information content (AvgIpc) is 2.37. The van der Waals surface area contributed by atoms with Gasteiger partial charge in [0.15, 0.2) is 0 Å². The maximum Gasteiger partial charge on any atom is 0.391 e. The van der Waals surface area contributed by atoms with E-state index >= 15 is 0 Å². The number of aliphatic hydroxyl groups excluding tert-OH is 1. The van der Waals surface area contributed by atoms with Crippen LogP contribution >= 0.6 is 0 Å². The average molecular weight is 276 g/mol. The molecule has 19 heavy (non-hydrogen) atoms. The summed E-state index contributed by atoms with van der Waals surface area (Å²) in [5, 5.41) is 10.1. The standard InChI is InChI=1S/C14H16F4O/c15-12-6-2-4-10(8-12)13(19)9-3-1-5-11(7-9)14(16,17)18/h2,4,6,8-9,11,13,19H,1,3,5,7H2. The third-order valence-corrected chi connectivity index (χ3v) is 3.81. The summed E-state index contributed by atoms with van der Waals surface area (Å²) in [5.41, 5.74) is 0.354. The molecule has 1 saturated carbocycles. The summed E-state index contributed by atoms with van der Waals surface area (Å²) >= 11 is 0. The third kappa shape index (κ3) is 3.47. The second kappa shape index (κ2) is 5.49. The lowest BCUT2D eigenvalue weighted by Gasteiger charge is -2.33. The Kier molecular flexibility index (Phi) is 4.13. The van der Waals surface area contributed by atoms with E-state index in [1.165, 1.54) is 18.2 Å². The number of hydrogen-bond donors (Lipinski definition) is 1. The van der Waals surface area contributed by atoms with E-state index in [1.54, 1.807) is 6.07 Å². The molecule has 0 aromatic heterocycles. The molecule has 5 heteroatoms. The van der Waals surface area contributed by atoms with E-state index < -0.39 is 29.9 Å². The largest absolute Gasteiger partial charge is 0.391 e. The van der Waals surface area contributed by atoms with Gasteiger partial charge in [0.25, 0.3) is 0 Å². The van der Waals surface area contributed by atoms with Gasteiger partial charge in [-0.05, 0) is 42.9 Å². The second-order valence-corrected chi connectivity index (χ2v) is 5.17. The van der Waals surface area contributed by atoms with Crippen molar-refractivity contribution in [2.45, 2.75) is 38.0 Å². The maximum absolute atomic E-state index is 13.1. The van der Waals surface area contributed by atoms with E-state index in [4.69, 9.17) is 0 Å². The molecule has 0 amide bonds. The minimum atomic E-state index is -4.21. The van der Waals surface area contributed by atoms with Crippen molar-refractivity contribution in [2.24, 2.45) is 11.8 Å². The van der Waals surface area contributed by atoms with Crippen LogP contribution in [0.4, 0.5) is 17.6 Å². The van der Waals surface area contributed by atoms with Crippen LogP contribution in [0, 0.1) is 17.7 Å². The van der Waals surface area contributed by atoms with Gasteiger partial charge in [-0.2, -0.15) is 13.2 Å². The Balaban J connectivity index is 2.09. The highest BCUT2D eigenvalue weighted by Gasteiger charge is 2.43. The molecule has 0 radical (unpaired) electrons. The smallest absolute Gasteiger partial charge is 0.388 e. The SMILES string of the molecule is OC(c1cccc(F)c1)C1CCCC(C(F)(F)F)C1. The van der Waals surface area contributed by atoms with Crippen LogP contribution in [0.1, 0.15) is 37.4 Å². The van der Waals surface area contributed by atoms with Gasteiger partial charge < -0.3 is 5.11 Å². The molecule has 0 bridgehead atoms. The molecule has 0 spiro atoms. The first-order chi connectivity index (χ1) is 8.88. The number of halogens is 4. The first-order valence-electron chi connectivity index (χ1n) is 6.38. The first kappa shape index (κ1) is 14.3. The van der Waals surface area contributed by atoms with Crippen LogP contribution in [-0.2, 0) is 0 Å². The van der Waals surface area contributed by atoms with Crippen LogP contribution in [0.25, 0.3) is 0 Å². The van der Waals surface area contributed by atoms with Gasteiger partial charge in [-0.3, -0.25) is 0 Å². The molecule has 2 rings (SSSR count). The number of rotatable bonds is 2. The van der Waals surface area contributed by atoms with Crippen LogP contribution in [0.15, 0.2) is 24.3 Å². The number of benzene rings is 1. The van der Waals surface area contributed by atoms with Crippen LogP contribution < -0.4 is 0 Å². The maximum atomic E-state index is 13.1. The summed E-state index contributed by atoms with van der Waals surface area (Å²) in [5.74, 6) is -2.30. The fraction of sp³-hybridized carbons (Fsp3) is 0.571. The molecule has 1 aliphatic carbocycles. The van der Waals surface area contributed by atoms with Crippen LogP contribution in [0.2, 0.25) is 0 Å². The van der Waals surface area contributed by atoms with E-state index in [0.717, 1.165) is 0 Å². The fourth-order valence-electron chi connectivity index (χ4n) is 2.77. The molecule has 1 aromatic rings. The van der Waals surface area contributed by atoms with Crippen LogP contribution in [-0.4, -0.2) is 11.3 Å². The fourth-order valence-corrected chi connectivity index (χ4v) is 2.77. The van der Waals surface area contributed by atoms with Crippen LogP contribution in [0.5, 0.6) is 0 Å². The lowest BCUT2D eigenvalue weighted by molar-refractivity contribution is -0.189. The summed E-state index contributed by atoms with van der Waals surface area (Å²) in [6, 6.07) is 5.43. The molecule has 1 aromatic carbocycles. The Morgan fingerprint density at radius 3 is 2.58 bits per heavy atom. The molecule has 3 unspecified atom stereocenters. The van der Waals surface area contributed by atoms with Crippen molar-refractivity contribution in [1.29, 1.82) is 0 Å². The summed E-state index contributed by atoms with van der Waals surface area (Å²) in [6.07, 6.45) is -4.20. The van der Waals surface area contributed by atoms with E-state index in [0.29, 0.717) is 18.4 Å². The van der Waals surface area contributed by atoms with Gasteiger partial charge in [-0.1, -0.05) is 18.6 Å². The summed E-state index contributed by atoms with van der Waals surface area (Å²) in [4.78, 5) is 0. The second-order valence-electron chi connectivity index (χ2n) is 5.17. The van der Waals surface area contributed by atoms with Gasteiger partial charge in [0.1, 0.15) is 5.82 Å². The van der Waals surface area contributed by atoms with Gasteiger partial charge in [0, 0.05) is 0 Å². The van der Waals surface area contributed by atoms with E-state index in [9.17, 15) is 22.7 Å². The highest BCUT2D eigenvalue weighted by molar-refractivity contribution is 5.19. The zero-order chi connectivity index (χ0) is 14.0. The van der Waals surface area contributed by atoms with Crippen molar-refractivity contribution in [2.75, 3.05) is 0 Å². The molecule has 0 heterocycles. The Morgan fingerprint density at radius 2 is 1.95 bits per heavy atom. The van der Waals surface area contributed by atoms with Crippen molar-refractivity contribution >= 4 is 0 Å². The Hall–Kier alpha value is -1.10. The summed E-state index contributed by atoms with van der Waals surface area (Å²) in [6.45, 7) is 0. The predicted molar refractivity (Wildman–Crippen MR) is 62.9 cm³/mol. The van der Waals surface area contributed by atoms with E-state index in [1.807, 2.05) is 0 Å². The summed E-state index contributed by atoms with van der Waals surface area (Å²) in [7, 11) is 0. The zero-order valence-corrected chi connectivity index (χ0v) is 10.3. The summed E-state index contributed by atoms with van der Waals surface area (Å²) < 4.78 is 51.2.